The first kappa shape index (κ1) is 14.5. The first-order chi connectivity index (χ1) is 9.36. The highest BCUT2D eigenvalue weighted by molar-refractivity contribution is 6.48. The number of alkyl halides is 3. The molecule has 0 aliphatic carbocycles. The van der Waals surface area contributed by atoms with Crippen LogP contribution in [-0.2, 0) is 6.18 Å². The van der Waals surface area contributed by atoms with Crippen LogP contribution in [0.15, 0.2) is 55.1 Å². The van der Waals surface area contributed by atoms with E-state index in [1.54, 1.807) is 24.3 Å². The molecule has 0 bridgehead atoms. The normalized spacial score (nSPS) is 11.2. The number of hydrogen-bond donors (Lipinski definition) is 0. The van der Waals surface area contributed by atoms with Gasteiger partial charge in [-0.25, -0.2) is 0 Å². The van der Waals surface area contributed by atoms with Gasteiger partial charge in [-0.15, -0.1) is 0 Å². The molecule has 0 saturated heterocycles. The van der Waals surface area contributed by atoms with Crippen LogP contribution in [0.4, 0.5) is 13.2 Å². The molecule has 104 valence electrons. The Morgan fingerprint density at radius 2 is 1.35 bits per heavy atom. The van der Waals surface area contributed by atoms with Crippen LogP contribution in [0.5, 0.6) is 11.5 Å². The van der Waals surface area contributed by atoms with Crippen molar-refractivity contribution in [3.05, 3.63) is 66.2 Å². The summed E-state index contributed by atoms with van der Waals surface area (Å²) >= 11 is 5.73. The average Bonchev–Trinajstić information content (AvgIpc) is 2.39. The third-order valence-electron chi connectivity index (χ3n) is 2.58. The zero-order valence-corrected chi connectivity index (χ0v) is 11.0. The van der Waals surface area contributed by atoms with Gasteiger partial charge in [0.05, 0.1) is 5.56 Å². The molecule has 0 unspecified atom stereocenters. The standard InChI is InChI=1S/C15H10ClF3O/c1-10(16)11-2-6-13(7-3-11)20-14-8-4-12(5-9-14)15(17,18)19/h2-9H,1H2. The van der Waals surface area contributed by atoms with Gasteiger partial charge in [0.25, 0.3) is 0 Å². The Morgan fingerprint density at radius 1 is 0.900 bits per heavy atom. The van der Waals surface area contributed by atoms with E-state index in [-0.39, 0.29) is 0 Å². The van der Waals surface area contributed by atoms with Gasteiger partial charge >= 0.3 is 6.18 Å². The summed E-state index contributed by atoms with van der Waals surface area (Å²) in [5, 5.41) is 0.408. The smallest absolute Gasteiger partial charge is 0.416 e. The van der Waals surface area contributed by atoms with Crippen molar-refractivity contribution in [3.8, 4) is 11.5 Å². The summed E-state index contributed by atoms with van der Waals surface area (Å²) < 4.78 is 42.7. The molecule has 0 spiro atoms. The van der Waals surface area contributed by atoms with Gasteiger partial charge < -0.3 is 4.74 Å². The lowest BCUT2D eigenvalue weighted by molar-refractivity contribution is -0.137. The molecule has 2 aromatic rings. The molecule has 5 heteroatoms. The van der Waals surface area contributed by atoms with E-state index in [0.29, 0.717) is 16.5 Å². The Bertz CT molecular complexity index is 601. The third kappa shape index (κ3) is 3.54. The highest BCUT2D eigenvalue weighted by Crippen LogP contribution is 2.31. The van der Waals surface area contributed by atoms with Crippen LogP contribution < -0.4 is 4.74 Å². The topological polar surface area (TPSA) is 9.23 Å². The van der Waals surface area contributed by atoms with Gasteiger partial charge in [0, 0.05) is 5.03 Å². The van der Waals surface area contributed by atoms with Crippen molar-refractivity contribution in [3.63, 3.8) is 0 Å². The van der Waals surface area contributed by atoms with Crippen molar-refractivity contribution < 1.29 is 17.9 Å². The predicted molar refractivity (Wildman–Crippen MR) is 72.8 cm³/mol. The van der Waals surface area contributed by atoms with E-state index in [1.165, 1.54) is 12.1 Å². The van der Waals surface area contributed by atoms with Crippen LogP contribution in [0.2, 0.25) is 0 Å². The summed E-state index contributed by atoms with van der Waals surface area (Å²) in [5.74, 6) is 0.835. The molecule has 0 aliphatic rings. The molecule has 2 aromatic carbocycles. The van der Waals surface area contributed by atoms with Gasteiger partial charge in [0.2, 0.25) is 0 Å². The van der Waals surface area contributed by atoms with Crippen molar-refractivity contribution in [2.45, 2.75) is 6.18 Å². The van der Waals surface area contributed by atoms with Crippen LogP contribution in [0, 0.1) is 0 Å². The number of ether oxygens (including phenoxy) is 1. The molecule has 0 aliphatic heterocycles. The molecule has 0 atom stereocenters. The zero-order chi connectivity index (χ0) is 14.8. The van der Waals surface area contributed by atoms with Gasteiger partial charge in [-0.05, 0) is 54.1 Å². The van der Waals surface area contributed by atoms with Gasteiger partial charge in [0.1, 0.15) is 11.5 Å². The number of halogens is 4. The fraction of sp³-hybridized carbons (Fsp3) is 0.0667. The van der Waals surface area contributed by atoms with Crippen LogP contribution in [0.25, 0.3) is 5.03 Å². The fourth-order valence-corrected chi connectivity index (χ4v) is 1.68. The van der Waals surface area contributed by atoms with E-state index in [9.17, 15) is 13.2 Å². The first-order valence-corrected chi connectivity index (χ1v) is 6.04. The Labute approximate surface area is 119 Å². The van der Waals surface area contributed by atoms with Crippen molar-refractivity contribution in [2.75, 3.05) is 0 Å². The molecular formula is C15H10ClF3O. The lowest BCUT2D eigenvalue weighted by atomic mass is 10.2. The quantitative estimate of drug-likeness (QED) is 0.705. The maximum Gasteiger partial charge on any atom is 0.416 e. The lowest BCUT2D eigenvalue weighted by Crippen LogP contribution is -2.03. The van der Waals surface area contributed by atoms with Crippen molar-refractivity contribution in [2.24, 2.45) is 0 Å². The second-order valence-corrected chi connectivity index (χ2v) is 4.51. The van der Waals surface area contributed by atoms with E-state index >= 15 is 0 Å². The number of rotatable bonds is 3. The molecule has 1 nitrogen and oxygen atoms in total. The molecule has 20 heavy (non-hydrogen) atoms. The molecule has 0 amide bonds. The van der Waals surface area contributed by atoms with Crippen LogP contribution >= 0.6 is 11.6 Å². The minimum Gasteiger partial charge on any atom is -0.457 e. The van der Waals surface area contributed by atoms with E-state index in [2.05, 4.69) is 6.58 Å². The summed E-state index contributed by atoms with van der Waals surface area (Å²) in [7, 11) is 0. The van der Waals surface area contributed by atoms with E-state index < -0.39 is 11.7 Å². The van der Waals surface area contributed by atoms with E-state index in [0.717, 1.165) is 17.7 Å². The van der Waals surface area contributed by atoms with Crippen LogP contribution in [0.1, 0.15) is 11.1 Å². The summed E-state index contributed by atoms with van der Waals surface area (Å²) in [4.78, 5) is 0. The number of benzene rings is 2. The largest absolute Gasteiger partial charge is 0.457 e. The minimum atomic E-state index is -4.35. The molecule has 0 heterocycles. The monoisotopic (exact) mass is 298 g/mol. The molecule has 0 radical (unpaired) electrons. The van der Waals surface area contributed by atoms with Crippen molar-refractivity contribution >= 4 is 16.6 Å². The van der Waals surface area contributed by atoms with Crippen LogP contribution in [-0.4, -0.2) is 0 Å². The van der Waals surface area contributed by atoms with Gasteiger partial charge in [-0.1, -0.05) is 18.2 Å². The molecule has 0 saturated carbocycles. The van der Waals surface area contributed by atoms with Crippen molar-refractivity contribution in [1.29, 1.82) is 0 Å². The fourth-order valence-electron chi connectivity index (χ4n) is 1.55. The third-order valence-corrected chi connectivity index (χ3v) is 2.80. The second kappa shape index (κ2) is 5.59. The molecular weight excluding hydrogens is 289 g/mol. The SMILES string of the molecule is C=C(Cl)c1ccc(Oc2ccc(C(F)(F)F)cc2)cc1. The first-order valence-electron chi connectivity index (χ1n) is 5.66. The predicted octanol–water partition coefficient (Wildman–Crippen LogP) is 5.71. The molecule has 2 rings (SSSR count). The van der Waals surface area contributed by atoms with E-state index in [4.69, 9.17) is 16.3 Å². The lowest BCUT2D eigenvalue weighted by Gasteiger charge is -2.09. The zero-order valence-electron chi connectivity index (χ0n) is 10.2. The van der Waals surface area contributed by atoms with Gasteiger partial charge in [-0.3, -0.25) is 0 Å². The summed E-state index contributed by atoms with van der Waals surface area (Å²) in [6.07, 6.45) is -4.35. The van der Waals surface area contributed by atoms with Gasteiger partial charge in [0.15, 0.2) is 0 Å². The Hall–Kier alpha value is -1.94. The highest BCUT2D eigenvalue weighted by Gasteiger charge is 2.30. The Morgan fingerprint density at radius 3 is 1.75 bits per heavy atom. The Kier molecular flexibility index (Phi) is 4.04. The Balaban J connectivity index is 2.12. The second-order valence-electron chi connectivity index (χ2n) is 4.05. The molecule has 0 aromatic heterocycles. The summed E-state index contributed by atoms with van der Waals surface area (Å²) in [6, 6.07) is 11.3. The summed E-state index contributed by atoms with van der Waals surface area (Å²) in [5.41, 5.74) is 0.0464. The van der Waals surface area contributed by atoms with Crippen LogP contribution in [0.3, 0.4) is 0 Å². The maximum absolute atomic E-state index is 12.4. The molecule has 0 N–H and O–H groups in total. The number of hydrogen-bond acceptors (Lipinski definition) is 1. The highest BCUT2D eigenvalue weighted by atomic mass is 35.5. The van der Waals surface area contributed by atoms with Gasteiger partial charge in [-0.2, -0.15) is 13.2 Å². The summed E-state index contributed by atoms with van der Waals surface area (Å²) in [6.45, 7) is 3.59. The molecule has 0 fully saturated rings. The van der Waals surface area contributed by atoms with E-state index in [1.807, 2.05) is 0 Å². The minimum absolute atomic E-state index is 0.329. The average molecular weight is 299 g/mol. The maximum atomic E-state index is 12.4. The van der Waals surface area contributed by atoms with Crippen molar-refractivity contribution in [1.82, 2.24) is 0 Å².